The molecule has 1 atom stereocenters. The van der Waals surface area contributed by atoms with Crippen LogP contribution in [0.1, 0.15) is 18.4 Å². The fourth-order valence-corrected chi connectivity index (χ4v) is 2.47. The fourth-order valence-electron chi connectivity index (χ4n) is 1.91. The standard InChI is InChI=1S/C12H12ClN3O2S/c13-6-2-1-3-7(10(6)11(14)19)15-8-4-5-9(17)16-12(8)18/h1-3,8,15H,4-5H2,(H2,14,19)(H,16,17,18). The number of imide groups is 1. The first-order chi connectivity index (χ1) is 8.99. The number of benzene rings is 1. The number of carbonyl (C=O) groups is 2. The van der Waals surface area contributed by atoms with Gasteiger partial charge in [0, 0.05) is 12.1 Å². The van der Waals surface area contributed by atoms with Crippen molar-refractivity contribution >= 4 is 46.3 Å². The highest BCUT2D eigenvalue weighted by atomic mass is 35.5. The smallest absolute Gasteiger partial charge is 0.249 e. The third-order valence-electron chi connectivity index (χ3n) is 2.83. The minimum Gasteiger partial charge on any atom is -0.389 e. The van der Waals surface area contributed by atoms with E-state index in [1.807, 2.05) is 0 Å². The topological polar surface area (TPSA) is 84.2 Å². The number of halogens is 1. The summed E-state index contributed by atoms with van der Waals surface area (Å²) in [4.78, 5) is 22.9. The zero-order valence-electron chi connectivity index (χ0n) is 9.90. The molecule has 0 saturated carbocycles. The lowest BCUT2D eigenvalue weighted by Gasteiger charge is -2.24. The molecule has 7 heteroatoms. The van der Waals surface area contributed by atoms with Crippen molar-refractivity contribution in [1.82, 2.24) is 5.32 Å². The summed E-state index contributed by atoms with van der Waals surface area (Å²) in [7, 11) is 0. The maximum Gasteiger partial charge on any atom is 0.249 e. The zero-order chi connectivity index (χ0) is 14.0. The monoisotopic (exact) mass is 297 g/mol. The predicted octanol–water partition coefficient (Wildman–Crippen LogP) is 1.19. The van der Waals surface area contributed by atoms with Crippen LogP contribution in [-0.4, -0.2) is 22.8 Å². The van der Waals surface area contributed by atoms with Crippen LogP contribution in [0.3, 0.4) is 0 Å². The number of piperidine rings is 1. The number of hydrogen-bond donors (Lipinski definition) is 3. The van der Waals surface area contributed by atoms with Crippen molar-refractivity contribution in [3.05, 3.63) is 28.8 Å². The van der Waals surface area contributed by atoms with Crippen molar-refractivity contribution in [2.24, 2.45) is 5.73 Å². The second kappa shape index (κ2) is 5.54. The molecule has 0 spiro atoms. The van der Waals surface area contributed by atoms with Crippen molar-refractivity contribution in [1.29, 1.82) is 0 Å². The van der Waals surface area contributed by atoms with Crippen LogP contribution in [0.15, 0.2) is 18.2 Å². The van der Waals surface area contributed by atoms with Crippen LogP contribution in [0.2, 0.25) is 5.02 Å². The van der Waals surface area contributed by atoms with Crippen molar-refractivity contribution in [3.63, 3.8) is 0 Å². The van der Waals surface area contributed by atoms with E-state index in [2.05, 4.69) is 10.6 Å². The first-order valence-corrected chi connectivity index (χ1v) is 6.46. The molecular formula is C12H12ClN3O2S. The lowest BCUT2D eigenvalue weighted by Crippen LogP contribution is -2.47. The zero-order valence-corrected chi connectivity index (χ0v) is 11.5. The van der Waals surface area contributed by atoms with Gasteiger partial charge in [-0.05, 0) is 18.6 Å². The van der Waals surface area contributed by atoms with Gasteiger partial charge in [-0.15, -0.1) is 0 Å². The molecule has 19 heavy (non-hydrogen) atoms. The minimum atomic E-state index is -0.496. The SMILES string of the molecule is NC(=S)c1c(Cl)cccc1NC1CCC(=O)NC1=O. The van der Waals surface area contributed by atoms with Crippen LogP contribution in [-0.2, 0) is 9.59 Å². The van der Waals surface area contributed by atoms with Crippen LogP contribution in [0.25, 0.3) is 0 Å². The van der Waals surface area contributed by atoms with Gasteiger partial charge >= 0.3 is 0 Å². The number of carbonyl (C=O) groups excluding carboxylic acids is 2. The van der Waals surface area contributed by atoms with E-state index >= 15 is 0 Å². The van der Waals surface area contributed by atoms with Crippen LogP contribution >= 0.6 is 23.8 Å². The summed E-state index contributed by atoms with van der Waals surface area (Å²) in [6, 6.07) is 4.65. The highest BCUT2D eigenvalue weighted by molar-refractivity contribution is 7.80. The molecule has 4 N–H and O–H groups in total. The molecule has 1 aromatic carbocycles. The van der Waals surface area contributed by atoms with E-state index in [1.54, 1.807) is 18.2 Å². The van der Waals surface area contributed by atoms with Gasteiger partial charge < -0.3 is 11.1 Å². The molecule has 1 heterocycles. The third kappa shape index (κ3) is 3.02. The van der Waals surface area contributed by atoms with Gasteiger partial charge in [-0.3, -0.25) is 14.9 Å². The summed E-state index contributed by atoms with van der Waals surface area (Å²) < 4.78 is 0. The number of thiocarbonyl (C=S) groups is 1. The highest BCUT2D eigenvalue weighted by Crippen LogP contribution is 2.25. The Kier molecular flexibility index (Phi) is 4.01. The lowest BCUT2D eigenvalue weighted by atomic mass is 10.0. The molecule has 2 rings (SSSR count). The van der Waals surface area contributed by atoms with Gasteiger partial charge in [0.2, 0.25) is 11.8 Å². The molecule has 1 fully saturated rings. The molecule has 100 valence electrons. The Hall–Kier alpha value is -1.66. The Balaban J connectivity index is 2.24. The van der Waals surface area contributed by atoms with Crippen molar-refractivity contribution < 1.29 is 9.59 Å². The first kappa shape index (κ1) is 13.8. The summed E-state index contributed by atoms with van der Waals surface area (Å²) in [5, 5.41) is 5.72. The molecule has 0 radical (unpaired) electrons. The number of nitrogens with two attached hydrogens (primary N) is 1. The van der Waals surface area contributed by atoms with Crippen LogP contribution in [0, 0.1) is 0 Å². The van der Waals surface area contributed by atoms with E-state index in [0.717, 1.165) is 0 Å². The number of amides is 2. The van der Waals surface area contributed by atoms with Gasteiger partial charge in [-0.1, -0.05) is 29.9 Å². The van der Waals surface area contributed by atoms with Crippen molar-refractivity contribution in [2.75, 3.05) is 5.32 Å². The van der Waals surface area contributed by atoms with Crippen LogP contribution < -0.4 is 16.4 Å². The molecule has 0 bridgehead atoms. The van der Waals surface area contributed by atoms with Gasteiger partial charge in [0.25, 0.3) is 0 Å². The Labute approximate surface area is 120 Å². The van der Waals surface area contributed by atoms with E-state index in [-0.39, 0.29) is 16.8 Å². The lowest BCUT2D eigenvalue weighted by molar-refractivity contribution is -0.133. The number of nitrogens with one attached hydrogen (secondary N) is 2. The van der Waals surface area contributed by atoms with Crippen molar-refractivity contribution in [3.8, 4) is 0 Å². The summed E-state index contributed by atoms with van der Waals surface area (Å²) >= 11 is 11.0. The van der Waals surface area contributed by atoms with Gasteiger partial charge in [0.15, 0.2) is 0 Å². The summed E-state index contributed by atoms with van der Waals surface area (Å²) in [5.41, 5.74) is 6.73. The highest BCUT2D eigenvalue weighted by Gasteiger charge is 2.27. The molecule has 1 aliphatic heterocycles. The van der Waals surface area contributed by atoms with E-state index in [1.165, 1.54) is 0 Å². The van der Waals surface area contributed by atoms with Gasteiger partial charge in [-0.2, -0.15) is 0 Å². The van der Waals surface area contributed by atoms with Gasteiger partial charge in [0.05, 0.1) is 10.6 Å². The predicted molar refractivity (Wildman–Crippen MR) is 77.1 cm³/mol. The van der Waals surface area contributed by atoms with Crippen LogP contribution in [0.4, 0.5) is 5.69 Å². The molecule has 1 saturated heterocycles. The number of anilines is 1. The second-order valence-electron chi connectivity index (χ2n) is 4.17. The van der Waals surface area contributed by atoms with Gasteiger partial charge in [-0.25, -0.2) is 0 Å². The maximum absolute atomic E-state index is 11.7. The average molecular weight is 298 g/mol. The summed E-state index contributed by atoms with van der Waals surface area (Å²) in [6.45, 7) is 0. The fraction of sp³-hybridized carbons (Fsp3) is 0.250. The molecular weight excluding hydrogens is 286 g/mol. The molecule has 0 aliphatic carbocycles. The average Bonchev–Trinajstić information content (AvgIpc) is 2.32. The maximum atomic E-state index is 11.7. The van der Waals surface area contributed by atoms with E-state index in [4.69, 9.17) is 29.6 Å². The quantitative estimate of drug-likeness (QED) is 0.576. The minimum absolute atomic E-state index is 0.153. The van der Waals surface area contributed by atoms with E-state index in [9.17, 15) is 9.59 Å². The molecule has 1 unspecified atom stereocenters. The Bertz CT molecular complexity index is 562. The molecule has 1 aliphatic rings. The first-order valence-electron chi connectivity index (χ1n) is 5.67. The van der Waals surface area contributed by atoms with Gasteiger partial charge in [0.1, 0.15) is 11.0 Å². The molecule has 1 aromatic rings. The second-order valence-corrected chi connectivity index (χ2v) is 5.02. The number of rotatable bonds is 3. The van der Waals surface area contributed by atoms with E-state index < -0.39 is 6.04 Å². The third-order valence-corrected chi connectivity index (χ3v) is 3.35. The van der Waals surface area contributed by atoms with Crippen molar-refractivity contribution in [2.45, 2.75) is 18.9 Å². The summed E-state index contributed by atoms with van der Waals surface area (Å²) in [5.74, 6) is -0.617. The van der Waals surface area contributed by atoms with Crippen LogP contribution in [0.5, 0.6) is 0 Å². The Morgan fingerprint density at radius 1 is 1.47 bits per heavy atom. The molecule has 2 amide bonds. The molecule has 0 aromatic heterocycles. The Morgan fingerprint density at radius 2 is 2.21 bits per heavy atom. The summed E-state index contributed by atoms with van der Waals surface area (Å²) in [6.07, 6.45) is 0.723. The largest absolute Gasteiger partial charge is 0.389 e. The Morgan fingerprint density at radius 3 is 2.84 bits per heavy atom. The normalized spacial score (nSPS) is 18.9. The number of hydrogen-bond acceptors (Lipinski definition) is 4. The molecule has 5 nitrogen and oxygen atoms in total. The van der Waals surface area contributed by atoms with E-state index in [0.29, 0.717) is 29.1 Å².